The van der Waals surface area contributed by atoms with Crippen LogP contribution in [0.1, 0.15) is 30.9 Å². The van der Waals surface area contributed by atoms with Gasteiger partial charge in [-0.2, -0.15) is 4.98 Å². The summed E-state index contributed by atoms with van der Waals surface area (Å²) >= 11 is 0. The molecule has 4 heterocycles. The molecule has 0 radical (unpaired) electrons. The first kappa shape index (κ1) is 16.1. The van der Waals surface area contributed by atoms with Crippen LogP contribution in [0.25, 0.3) is 0 Å². The number of aliphatic hydroxyl groups excluding tert-OH is 1. The van der Waals surface area contributed by atoms with Gasteiger partial charge in [-0.05, 0) is 32.4 Å². The smallest absolute Gasteiger partial charge is 0.227 e. The van der Waals surface area contributed by atoms with Gasteiger partial charge in [-0.25, -0.2) is 4.98 Å². The van der Waals surface area contributed by atoms with E-state index in [4.69, 9.17) is 9.72 Å². The van der Waals surface area contributed by atoms with E-state index < -0.39 is 0 Å². The molecule has 1 unspecified atom stereocenters. The highest BCUT2D eigenvalue weighted by atomic mass is 16.5. The van der Waals surface area contributed by atoms with E-state index in [0.29, 0.717) is 19.0 Å². The van der Waals surface area contributed by atoms with Gasteiger partial charge in [0.05, 0.1) is 18.4 Å². The Bertz CT molecular complexity index is 552. The second kappa shape index (κ2) is 7.21. The summed E-state index contributed by atoms with van der Waals surface area (Å²) in [6.07, 6.45) is 3.41. The van der Waals surface area contributed by atoms with Gasteiger partial charge < -0.3 is 25.0 Å². The van der Waals surface area contributed by atoms with Crippen LogP contribution in [0.3, 0.4) is 0 Å². The van der Waals surface area contributed by atoms with Crippen LogP contribution in [-0.2, 0) is 4.74 Å². The predicted octanol–water partition coefficient (Wildman–Crippen LogP) is 0.669. The average Bonchev–Trinajstić information content (AvgIpc) is 3.25. The molecule has 3 saturated heterocycles. The van der Waals surface area contributed by atoms with E-state index in [2.05, 4.69) is 21.3 Å². The maximum absolute atomic E-state index is 9.55. The minimum Gasteiger partial charge on any atom is -0.389 e. The second-order valence-corrected chi connectivity index (χ2v) is 7.07. The van der Waals surface area contributed by atoms with Crippen molar-refractivity contribution in [2.45, 2.75) is 31.3 Å². The molecule has 0 spiro atoms. The summed E-state index contributed by atoms with van der Waals surface area (Å²) in [5, 5.41) is 13.0. The molecule has 0 aliphatic carbocycles. The first-order valence-electron chi connectivity index (χ1n) is 9.14. The first-order chi connectivity index (χ1) is 11.8. The molecular formula is C17H27N5O2. The highest BCUT2D eigenvalue weighted by Crippen LogP contribution is 2.28. The van der Waals surface area contributed by atoms with Gasteiger partial charge in [-0.1, -0.05) is 0 Å². The van der Waals surface area contributed by atoms with Crippen molar-refractivity contribution < 1.29 is 9.84 Å². The topological polar surface area (TPSA) is 73.8 Å². The van der Waals surface area contributed by atoms with E-state index in [9.17, 15) is 5.11 Å². The lowest BCUT2D eigenvalue weighted by Gasteiger charge is -2.36. The molecule has 0 bridgehead atoms. The summed E-state index contributed by atoms with van der Waals surface area (Å²) in [4.78, 5) is 13.9. The first-order valence-corrected chi connectivity index (χ1v) is 9.14. The standard InChI is InChI=1S/C17H27N5O2/c23-14-10-22(11-14)17-19-15(13-3-8-24-12-13)9-16(20-17)18-4-7-21-5-1-2-6-21/h9,13-14,23H,1-8,10-12H2,(H,18,19,20). The van der Waals surface area contributed by atoms with Gasteiger partial charge in [0.15, 0.2) is 0 Å². The molecule has 24 heavy (non-hydrogen) atoms. The molecule has 3 fully saturated rings. The van der Waals surface area contributed by atoms with Gasteiger partial charge in [-0.15, -0.1) is 0 Å². The Balaban J connectivity index is 1.44. The molecule has 3 aliphatic rings. The van der Waals surface area contributed by atoms with Gasteiger partial charge in [0.25, 0.3) is 0 Å². The molecule has 1 atom stereocenters. The number of ether oxygens (including phenoxy) is 1. The fraction of sp³-hybridized carbons (Fsp3) is 0.765. The zero-order valence-electron chi connectivity index (χ0n) is 14.2. The number of aromatic nitrogens is 2. The van der Waals surface area contributed by atoms with Crippen molar-refractivity contribution in [2.75, 3.05) is 62.7 Å². The maximum Gasteiger partial charge on any atom is 0.227 e. The van der Waals surface area contributed by atoms with Crippen LogP contribution in [0.4, 0.5) is 11.8 Å². The molecule has 132 valence electrons. The van der Waals surface area contributed by atoms with E-state index in [1.165, 1.54) is 25.9 Å². The number of hydrogen-bond acceptors (Lipinski definition) is 7. The van der Waals surface area contributed by atoms with Crippen LogP contribution < -0.4 is 10.2 Å². The lowest BCUT2D eigenvalue weighted by molar-refractivity contribution is 0.140. The molecule has 7 heteroatoms. The van der Waals surface area contributed by atoms with Crippen molar-refractivity contribution in [3.05, 3.63) is 11.8 Å². The summed E-state index contributed by atoms with van der Waals surface area (Å²) in [6.45, 7) is 7.19. The number of anilines is 2. The van der Waals surface area contributed by atoms with Crippen LogP contribution in [0.15, 0.2) is 6.07 Å². The summed E-state index contributed by atoms with van der Waals surface area (Å²) in [6, 6.07) is 2.07. The lowest BCUT2D eigenvalue weighted by Crippen LogP contribution is -2.51. The molecule has 3 aliphatic heterocycles. The van der Waals surface area contributed by atoms with Gasteiger partial charge in [0.1, 0.15) is 5.82 Å². The Kier molecular flexibility index (Phi) is 4.82. The van der Waals surface area contributed by atoms with Gasteiger partial charge >= 0.3 is 0 Å². The zero-order valence-corrected chi connectivity index (χ0v) is 14.2. The number of rotatable bonds is 6. The second-order valence-electron chi connectivity index (χ2n) is 7.07. The van der Waals surface area contributed by atoms with Gasteiger partial charge in [0, 0.05) is 44.8 Å². The molecule has 7 nitrogen and oxygen atoms in total. The minimum atomic E-state index is -0.251. The number of nitrogens with zero attached hydrogens (tertiary/aromatic N) is 4. The van der Waals surface area contributed by atoms with E-state index in [1.54, 1.807) is 0 Å². The lowest BCUT2D eigenvalue weighted by atomic mass is 10.0. The van der Waals surface area contributed by atoms with Gasteiger partial charge in [-0.3, -0.25) is 0 Å². The van der Waals surface area contributed by atoms with E-state index in [1.807, 2.05) is 4.90 Å². The zero-order chi connectivity index (χ0) is 16.4. The third-order valence-corrected chi connectivity index (χ3v) is 5.16. The molecular weight excluding hydrogens is 306 g/mol. The summed E-state index contributed by atoms with van der Waals surface area (Å²) in [5.74, 6) is 1.98. The highest BCUT2D eigenvalue weighted by molar-refractivity contribution is 5.46. The Hall–Kier alpha value is -1.44. The molecule has 1 aromatic rings. The fourth-order valence-corrected chi connectivity index (χ4v) is 3.63. The van der Waals surface area contributed by atoms with Crippen LogP contribution in [-0.4, -0.2) is 78.6 Å². The van der Waals surface area contributed by atoms with Crippen LogP contribution >= 0.6 is 0 Å². The summed E-state index contributed by atoms with van der Waals surface area (Å²) in [5.41, 5.74) is 1.06. The summed E-state index contributed by atoms with van der Waals surface area (Å²) in [7, 11) is 0. The highest BCUT2D eigenvalue weighted by Gasteiger charge is 2.28. The molecule has 0 amide bonds. The largest absolute Gasteiger partial charge is 0.389 e. The summed E-state index contributed by atoms with van der Waals surface area (Å²) < 4.78 is 5.52. The predicted molar refractivity (Wildman–Crippen MR) is 92.6 cm³/mol. The Morgan fingerprint density at radius 2 is 2.08 bits per heavy atom. The number of hydrogen-bond donors (Lipinski definition) is 2. The Morgan fingerprint density at radius 3 is 2.79 bits per heavy atom. The number of β-amino-alcohol motifs (C(OH)–C–C–N with tert-alkyl or cyclic N) is 1. The van der Waals surface area contributed by atoms with E-state index in [0.717, 1.165) is 50.2 Å². The van der Waals surface area contributed by atoms with Crippen molar-refractivity contribution in [3.8, 4) is 0 Å². The van der Waals surface area contributed by atoms with Crippen molar-refractivity contribution >= 4 is 11.8 Å². The number of likely N-dealkylation sites (tertiary alicyclic amines) is 1. The maximum atomic E-state index is 9.55. The number of aliphatic hydroxyl groups is 1. The molecule has 2 N–H and O–H groups in total. The average molecular weight is 333 g/mol. The van der Waals surface area contributed by atoms with Crippen molar-refractivity contribution in [2.24, 2.45) is 0 Å². The Labute approximate surface area is 143 Å². The third-order valence-electron chi connectivity index (χ3n) is 5.16. The fourth-order valence-electron chi connectivity index (χ4n) is 3.63. The number of nitrogens with one attached hydrogen (secondary N) is 1. The van der Waals surface area contributed by atoms with Crippen LogP contribution in [0.5, 0.6) is 0 Å². The SMILES string of the molecule is OC1CN(c2nc(NCCN3CCCC3)cc(C3CCOC3)n2)C1. The van der Waals surface area contributed by atoms with Gasteiger partial charge in [0.2, 0.25) is 5.95 Å². The molecule has 0 saturated carbocycles. The molecule has 1 aromatic heterocycles. The minimum absolute atomic E-state index is 0.251. The quantitative estimate of drug-likeness (QED) is 0.792. The monoisotopic (exact) mass is 333 g/mol. The van der Waals surface area contributed by atoms with Crippen LogP contribution in [0, 0.1) is 0 Å². The van der Waals surface area contributed by atoms with Crippen molar-refractivity contribution in [1.29, 1.82) is 0 Å². The molecule has 0 aromatic carbocycles. The molecule has 4 rings (SSSR count). The van der Waals surface area contributed by atoms with E-state index >= 15 is 0 Å². The van der Waals surface area contributed by atoms with Crippen molar-refractivity contribution in [3.63, 3.8) is 0 Å². The van der Waals surface area contributed by atoms with E-state index in [-0.39, 0.29) is 6.10 Å². The Morgan fingerprint density at radius 1 is 1.25 bits per heavy atom. The third kappa shape index (κ3) is 3.63. The van der Waals surface area contributed by atoms with Crippen LogP contribution in [0.2, 0.25) is 0 Å². The normalized spacial score (nSPS) is 25.2. The van der Waals surface area contributed by atoms with Crippen molar-refractivity contribution in [1.82, 2.24) is 14.9 Å².